The fourth-order valence-electron chi connectivity index (χ4n) is 1.69. The van der Waals surface area contributed by atoms with Crippen molar-refractivity contribution < 1.29 is 4.79 Å². The summed E-state index contributed by atoms with van der Waals surface area (Å²) in [6.45, 7) is 6.69. The molecule has 0 atom stereocenters. The number of hydrogen-bond donors (Lipinski definition) is 1. The first kappa shape index (κ1) is 12.5. The van der Waals surface area contributed by atoms with Gasteiger partial charge in [0.2, 0.25) is 0 Å². The van der Waals surface area contributed by atoms with E-state index in [1.807, 2.05) is 6.92 Å². The molecule has 0 aliphatic heterocycles. The average Bonchev–Trinajstić information content (AvgIpc) is 2.73. The first-order valence-corrected chi connectivity index (χ1v) is 6.40. The van der Waals surface area contributed by atoms with Crippen molar-refractivity contribution in [3.05, 3.63) is 29.8 Å². The van der Waals surface area contributed by atoms with Crippen LogP contribution >= 0.6 is 11.3 Å². The van der Waals surface area contributed by atoms with Crippen molar-refractivity contribution in [2.75, 3.05) is 18.8 Å². The van der Waals surface area contributed by atoms with Crippen LogP contribution in [0.2, 0.25) is 0 Å². The van der Waals surface area contributed by atoms with E-state index in [0.29, 0.717) is 28.5 Å². The predicted octanol–water partition coefficient (Wildman–Crippen LogP) is 1.92. The zero-order chi connectivity index (χ0) is 13.1. The molecular formula is C12H14N4OS. The zero-order valence-electron chi connectivity index (χ0n) is 10.1. The van der Waals surface area contributed by atoms with Crippen molar-refractivity contribution in [1.29, 1.82) is 0 Å². The van der Waals surface area contributed by atoms with E-state index in [4.69, 9.17) is 5.73 Å². The van der Waals surface area contributed by atoms with E-state index < -0.39 is 0 Å². The number of nitrogens with two attached hydrogens (primary N) is 1. The van der Waals surface area contributed by atoms with Gasteiger partial charge in [0.05, 0.1) is 11.9 Å². The molecule has 2 N–H and O–H groups in total. The number of amides is 1. The number of likely N-dealkylation sites (N-methyl/N-ethyl adjacent to an activating group) is 1. The largest absolute Gasteiger partial charge is 0.397 e. The summed E-state index contributed by atoms with van der Waals surface area (Å²) in [5, 5.41) is 8.55. The van der Waals surface area contributed by atoms with Gasteiger partial charge in [-0.3, -0.25) is 4.79 Å². The summed E-state index contributed by atoms with van der Waals surface area (Å²) in [6, 6.07) is 1.77. The van der Waals surface area contributed by atoms with Gasteiger partial charge < -0.3 is 10.6 Å². The lowest BCUT2D eigenvalue weighted by atomic mass is 10.2. The number of nitrogen functional groups attached to an aromatic ring is 1. The van der Waals surface area contributed by atoms with Crippen LogP contribution < -0.4 is 5.73 Å². The number of hydrogen-bond acceptors (Lipinski definition) is 5. The summed E-state index contributed by atoms with van der Waals surface area (Å²) in [7, 11) is 0. The standard InChI is InChI=1S/C12H14N4OS/c1-3-7-16(4-2)12(17)10-9(13)8-5-6-14-15-11(8)18-10/h3,5-6H,1,4,7,13H2,2H3. The first-order valence-electron chi connectivity index (χ1n) is 5.58. The molecule has 0 aliphatic carbocycles. The second kappa shape index (κ2) is 5.14. The molecule has 2 aromatic rings. The van der Waals surface area contributed by atoms with Crippen molar-refractivity contribution in [3.8, 4) is 0 Å². The third-order valence-corrected chi connectivity index (χ3v) is 3.73. The van der Waals surface area contributed by atoms with Crippen LogP contribution in [0.3, 0.4) is 0 Å². The molecule has 5 nitrogen and oxygen atoms in total. The van der Waals surface area contributed by atoms with Gasteiger partial charge in [-0.15, -0.1) is 23.0 Å². The molecule has 0 aromatic carbocycles. The molecule has 2 aromatic heterocycles. The topological polar surface area (TPSA) is 72.1 Å². The van der Waals surface area contributed by atoms with Crippen LogP contribution in [0.15, 0.2) is 24.9 Å². The SMILES string of the molecule is C=CCN(CC)C(=O)c1sc2nnccc2c1N. The Morgan fingerprint density at radius 1 is 1.67 bits per heavy atom. The summed E-state index contributed by atoms with van der Waals surface area (Å²) in [6.07, 6.45) is 3.27. The van der Waals surface area contributed by atoms with E-state index in [2.05, 4.69) is 16.8 Å². The smallest absolute Gasteiger partial charge is 0.266 e. The maximum absolute atomic E-state index is 12.3. The lowest BCUT2D eigenvalue weighted by Crippen LogP contribution is -2.30. The van der Waals surface area contributed by atoms with Gasteiger partial charge in [0, 0.05) is 18.5 Å². The van der Waals surface area contributed by atoms with Crippen LogP contribution in [0.25, 0.3) is 10.2 Å². The normalized spacial score (nSPS) is 10.5. The van der Waals surface area contributed by atoms with E-state index in [9.17, 15) is 4.79 Å². The molecule has 0 bridgehead atoms. The van der Waals surface area contributed by atoms with Crippen LogP contribution in [0.4, 0.5) is 5.69 Å². The van der Waals surface area contributed by atoms with Crippen molar-refractivity contribution in [1.82, 2.24) is 15.1 Å². The molecule has 0 spiro atoms. The first-order chi connectivity index (χ1) is 8.69. The van der Waals surface area contributed by atoms with Gasteiger partial charge in [0.15, 0.2) is 0 Å². The minimum atomic E-state index is -0.0853. The number of carbonyl (C=O) groups is 1. The summed E-state index contributed by atoms with van der Waals surface area (Å²) < 4.78 is 0. The Balaban J connectivity index is 2.44. The molecule has 94 valence electrons. The Morgan fingerprint density at radius 2 is 2.44 bits per heavy atom. The summed E-state index contributed by atoms with van der Waals surface area (Å²) in [5.41, 5.74) is 6.48. The lowest BCUT2D eigenvalue weighted by molar-refractivity contribution is 0.0788. The highest BCUT2D eigenvalue weighted by atomic mass is 32.1. The Bertz CT molecular complexity index is 593. The molecule has 0 aliphatic rings. The molecule has 2 rings (SSSR count). The Labute approximate surface area is 109 Å². The van der Waals surface area contributed by atoms with E-state index in [1.54, 1.807) is 23.2 Å². The number of fused-ring (bicyclic) bond motifs is 1. The summed E-state index contributed by atoms with van der Waals surface area (Å²) >= 11 is 1.28. The number of thiophene rings is 1. The third kappa shape index (κ3) is 2.06. The number of anilines is 1. The van der Waals surface area contributed by atoms with E-state index >= 15 is 0 Å². The highest BCUT2D eigenvalue weighted by Crippen LogP contribution is 2.32. The van der Waals surface area contributed by atoms with Gasteiger partial charge in [0.25, 0.3) is 5.91 Å². The van der Waals surface area contributed by atoms with E-state index in [-0.39, 0.29) is 5.91 Å². The molecule has 0 saturated carbocycles. The van der Waals surface area contributed by atoms with Gasteiger partial charge in [0.1, 0.15) is 9.71 Å². The average molecular weight is 262 g/mol. The fourth-order valence-corrected chi connectivity index (χ4v) is 2.69. The maximum Gasteiger partial charge on any atom is 0.266 e. The van der Waals surface area contributed by atoms with Gasteiger partial charge in [-0.25, -0.2) is 0 Å². The predicted molar refractivity (Wildman–Crippen MR) is 73.6 cm³/mol. The van der Waals surface area contributed by atoms with Crippen LogP contribution in [-0.4, -0.2) is 34.1 Å². The molecule has 0 fully saturated rings. The molecule has 1 amide bonds. The number of nitrogens with zero attached hydrogens (tertiary/aromatic N) is 3. The molecule has 0 saturated heterocycles. The van der Waals surface area contributed by atoms with Gasteiger partial charge in [-0.05, 0) is 13.0 Å². The third-order valence-electron chi connectivity index (χ3n) is 2.63. The minimum absolute atomic E-state index is 0.0853. The van der Waals surface area contributed by atoms with Crippen molar-refractivity contribution in [2.45, 2.75) is 6.92 Å². The highest BCUT2D eigenvalue weighted by Gasteiger charge is 2.20. The second-order valence-corrected chi connectivity index (χ2v) is 4.73. The molecule has 18 heavy (non-hydrogen) atoms. The molecule has 0 unspecified atom stereocenters. The number of aromatic nitrogens is 2. The number of carbonyl (C=O) groups excluding carboxylic acids is 1. The molecule has 0 radical (unpaired) electrons. The molecular weight excluding hydrogens is 248 g/mol. The Kier molecular flexibility index (Phi) is 3.57. The lowest BCUT2D eigenvalue weighted by Gasteiger charge is -2.18. The van der Waals surface area contributed by atoms with Crippen LogP contribution in [0, 0.1) is 0 Å². The zero-order valence-corrected chi connectivity index (χ0v) is 10.9. The minimum Gasteiger partial charge on any atom is -0.397 e. The van der Waals surface area contributed by atoms with E-state index in [0.717, 1.165) is 5.39 Å². The van der Waals surface area contributed by atoms with Gasteiger partial charge >= 0.3 is 0 Å². The van der Waals surface area contributed by atoms with Gasteiger partial charge in [-0.2, -0.15) is 5.10 Å². The summed E-state index contributed by atoms with van der Waals surface area (Å²) in [4.78, 5) is 15.2. The highest BCUT2D eigenvalue weighted by molar-refractivity contribution is 7.21. The van der Waals surface area contributed by atoms with Crippen molar-refractivity contribution >= 4 is 33.1 Å². The maximum atomic E-state index is 12.3. The fraction of sp³-hybridized carbons (Fsp3) is 0.250. The molecule has 2 heterocycles. The second-order valence-electron chi connectivity index (χ2n) is 3.73. The van der Waals surface area contributed by atoms with Crippen LogP contribution in [0.1, 0.15) is 16.6 Å². The quantitative estimate of drug-likeness (QED) is 0.854. The van der Waals surface area contributed by atoms with Crippen LogP contribution in [-0.2, 0) is 0 Å². The summed E-state index contributed by atoms with van der Waals surface area (Å²) in [5.74, 6) is -0.0853. The van der Waals surface area contributed by atoms with Gasteiger partial charge in [-0.1, -0.05) is 6.08 Å². The Morgan fingerprint density at radius 3 is 3.06 bits per heavy atom. The Hall–Kier alpha value is -1.95. The van der Waals surface area contributed by atoms with E-state index in [1.165, 1.54) is 11.3 Å². The number of rotatable bonds is 4. The van der Waals surface area contributed by atoms with Crippen molar-refractivity contribution in [3.63, 3.8) is 0 Å². The molecule has 6 heteroatoms. The van der Waals surface area contributed by atoms with Crippen molar-refractivity contribution in [2.24, 2.45) is 0 Å². The monoisotopic (exact) mass is 262 g/mol. The van der Waals surface area contributed by atoms with Crippen LogP contribution in [0.5, 0.6) is 0 Å².